The van der Waals surface area contributed by atoms with Crippen LogP contribution in [0.4, 0.5) is 4.79 Å². The number of urea groups is 1. The summed E-state index contributed by atoms with van der Waals surface area (Å²) in [6.07, 6.45) is 0.745. The molecule has 11 heteroatoms. The number of benzene rings is 2. The van der Waals surface area contributed by atoms with Crippen LogP contribution < -0.4 is 16.0 Å². The molecule has 0 aromatic heterocycles. The quantitative estimate of drug-likeness (QED) is 0.418. The zero-order valence-corrected chi connectivity index (χ0v) is 19.5. The summed E-state index contributed by atoms with van der Waals surface area (Å²) in [5.74, 6) is -2.06. The maximum atomic E-state index is 13.0. The Morgan fingerprint density at radius 2 is 1.74 bits per heavy atom. The van der Waals surface area contributed by atoms with Gasteiger partial charge in [0, 0.05) is 13.1 Å². The maximum absolute atomic E-state index is 13.0. The van der Waals surface area contributed by atoms with Crippen molar-refractivity contribution in [3.05, 3.63) is 65.7 Å². The number of hydrogen-bond acceptors (Lipinski definition) is 5. The summed E-state index contributed by atoms with van der Waals surface area (Å²) in [5.41, 5.74) is 1.77. The molecule has 3 amide bonds. The molecule has 0 unspecified atom stereocenters. The fraction of sp³-hybridized carbons (Fsp3) is 0.348. The smallest absolute Gasteiger partial charge is 0.328 e. The topological polar surface area (TPSA) is 145 Å². The SMILES string of the molecule is Cc1ccc(S(=O)(=O)N2CCC[C@H]2C(=O)N[C@@H](CNC(=O)NCc2ccccc2)C(=O)O)cc1. The van der Waals surface area contributed by atoms with Crippen molar-refractivity contribution in [2.75, 3.05) is 13.1 Å². The Kier molecular flexibility index (Phi) is 8.24. The Morgan fingerprint density at radius 3 is 2.38 bits per heavy atom. The van der Waals surface area contributed by atoms with Crippen LogP contribution in [0, 0.1) is 6.92 Å². The van der Waals surface area contributed by atoms with Crippen LogP contribution in [-0.2, 0) is 26.2 Å². The first-order chi connectivity index (χ1) is 16.2. The molecule has 1 aliphatic rings. The molecule has 10 nitrogen and oxygen atoms in total. The second-order valence-corrected chi connectivity index (χ2v) is 9.93. The Labute approximate surface area is 198 Å². The van der Waals surface area contributed by atoms with Crippen LogP contribution in [0.5, 0.6) is 0 Å². The second kappa shape index (κ2) is 11.1. The highest BCUT2D eigenvalue weighted by atomic mass is 32.2. The van der Waals surface area contributed by atoms with E-state index in [1.54, 1.807) is 12.1 Å². The Bertz CT molecular complexity index is 1120. The number of sulfonamides is 1. The van der Waals surface area contributed by atoms with Gasteiger partial charge in [0.2, 0.25) is 15.9 Å². The highest BCUT2D eigenvalue weighted by molar-refractivity contribution is 7.89. The number of nitrogens with zero attached hydrogens (tertiary/aromatic N) is 1. The molecule has 1 saturated heterocycles. The van der Waals surface area contributed by atoms with Gasteiger partial charge < -0.3 is 21.1 Å². The van der Waals surface area contributed by atoms with Gasteiger partial charge in [-0.15, -0.1) is 0 Å². The van der Waals surface area contributed by atoms with Gasteiger partial charge in [-0.3, -0.25) is 4.79 Å². The molecule has 4 N–H and O–H groups in total. The van der Waals surface area contributed by atoms with E-state index in [1.165, 1.54) is 12.1 Å². The highest BCUT2D eigenvalue weighted by Gasteiger charge is 2.40. The van der Waals surface area contributed by atoms with Gasteiger partial charge in [0.05, 0.1) is 11.4 Å². The van der Waals surface area contributed by atoms with E-state index in [0.29, 0.717) is 6.42 Å². The molecule has 34 heavy (non-hydrogen) atoms. The number of carbonyl (C=O) groups is 3. The summed E-state index contributed by atoms with van der Waals surface area (Å²) in [6, 6.07) is 12.4. The predicted octanol–water partition coefficient (Wildman–Crippen LogP) is 1.22. The predicted molar refractivity (Wildman–Crippen MR) is 124 cm³/mol. The van der Waals surface area contributed by atoms with E-state index in [9.17, 15) is 27.9 Å². The number of carboxylic acid groups (broad SMARTS) is 1. The van der Waals surface area contributed by atoms with Crippen LogP contribution in [0.15, 0.2) is 59.5 Å². The second-order valence-electron chi connectivity index (χ2n) is 8.04. The lowest BCUT2D eigenvalue weighted by molar-refractivity contribution is -0.142. The Hall–Kier alpha value is -3.44. The lowest BCUT2D eigenvalue weighted by Gasteiger charge is -2.25. The molecule has 1 heterocycles. The monoisotopic (exact) mass is 488 g/mol. The van der Waals surface area contributed by atoms with Crippen molar-refractivity contribution < 1.29 is 27.9 Å². The number of hydrogen-bond donors (Lipinski definition) is 4. The lowest BCUT2D eigenvalue weighted by Crippen LogP contribution is -2.54. The molecule has 1 aliphatic heterocycles. The number of aliphatic carboxylic acids is 1. The first-order valence-electron chi connectivity index (χ1n) is 10.9. The third-order valence-corrected chi connectivity index (χ3v) is 7.43. The zero-order chi connectivity index (χ0) is 24.7. The highest BCUT2D eigenvalue weighted by Crippen LogP contribution is 2.26. The zero-order valence-electron chi connectivity index (χ0n) is 18.7. The summed E-state index contributed by atoms with van der Waals surface area (Å²) in [7, 11) is -3.92. The van der Waals surface area contributed by atoms with Crippen LogP contribution in [0.25, 0.3) is 0 Å². The molecule has 0 aliphatic carbocycles. The van der Waals surface area contributed by atoms with Gasteiger partial charge in [-0.25, -0.2) is 18.0 Å². The average Bonchev–Trinajstić information content (AvgIpc) is 3.32. The molecule has 0 bridgehead atoms. The third kappa shape index (κ3) is 6.33. The molecule has 1 fully saturated rings. The molecule has 182 valence electrons. The van der Waals surface area contributed by atoms with Crippen molar-refractivity contribution in [2.24, 2.45) is 0 Å². The van der Waals surface area contributed by atoms with Gasteiger partial charge in [-0.1, -0.05) is 48.0 Å². The summed E-state index contributed by atoms with van der Waals surface area (Å²) < 4.78 is 27.2. The summed E-state index contributed by atoms with van der Waals surface area (Å²) in [5, 5.41) is 16.9. The van der Waals surface area contributed by atoms with E-state index in [4.69, 9.17) is 0 Å². The normalized spacial score (nSPS) is 17.0. The minimum absolute atomic E-state index is 0.0735. The standard InChI is InChI=1S/C23H28N4O6S/c1-16-9-11-18(12-10-16)34(32,33)27-13-5-8-20(27)21(28)26-19(22(29)30)15-25-23(31)24-14-17-6-3-2-4-7-17/h2-4,6-7,9-12,19-20H,5,8,13-15H2,1H3,(H,26,28)(H,29,30)(H2,24,25,31)/t19-,20-/m0/s1. The van der Waals surface area contributed by atoms with Crippen molar-refractivity contribution in [1.82, 2.24) is 20.3 Å². The molecule has 0 saturated carbocycles. The number of carbonyl (C=O) groups excluding carboxylic acids is 2. The first kappa shape index (κ1) is 25.2. The molecule has 0 radical (unpaired) electrons. The van der Waals surface area contributed by atoms with Gasteiger partial charge in [-0.05, 0) is 37.5 Å². The van der Waals surface area contributed by atoms with Crippen LogP contribution >= 0.6 is 0 Å². The van der Waals surface area contributed by atoms with Gasteiger partial charge in [0.1, 0.15) is 12.1 Å². The molecule has 2 aromatic carbocycles. The van der Waals surface area contributed by atoms with Gasteiger partial charge in [0.15, 0.2) is 0 Å². The number of aryl methyl sites for hydroxylation is 1. The molecular formula is C23H28N4O6S. The largest absolute Gasteiger partial charge is 0.480 e. The van der Waals surface area contributed by atoms with Crippen molar-refractivity contribution in [1.29, 1.82) is 0 Å². The van der Waals surface area contributed by atoms with E-state index in [2.05, 4.69) is 16.0 Å². The van der Waals surface area contributed by atoms with E-state index in [-0.39, 0.29) is 31.0 Å². The van der Waals surface area contributed by atoms with E-state index < -0.39 is 40.0 Å². The Morgan fingerprint density at radius 1 is 1.06 bits per heavy atom. The molecule has 0 spiro atoms. The van der Waals surface area contributed by atoms with Crippen molar-refractivity contribution >= 4 is 27.9 Å². The van der Waals surface area contributed by atoms with Crippen molar-refractivity contribution in [2.45, 2.75) is 43.3 Å². The van der Waals surface area contributed by atoms with Crippen LogP contribution in [0.3, 0.4) is 0 Å². The van der Waals surface area contributed by atoms with E-state index in [0.717, 1.165) is 15.4 Å². The fourth-order valence-electron chi connectivity index (χ4n) is 3.64. The molecule has 2 aromatic rings. The third-order valence-electron chi connectivity index (χ3n) is 5.51. The van der Waals surface area contributed by atoms with Crippen molar-refractivity contribution in [3.63, 3.8) is 0 Å². The molecule has 2 atom stereocenters. The summed E-state index contributed by atoms with van der Waals surface area (Å²) in [6.45, 7) is 1.89. The van der Waals surface area contributed by atoms with Crippen molar-refractivity contribution in [3.8, 4) is 0 Å². The number of nitrogens with one attached hydrogen (secondary N) is 3. The Balaban J connectivity index is 1.59. The first-order valence-corrected chi connectivity index (χ1v) is 12.3. The van der Waals surface area contributed by atoms with Gasteiger partial charge in [0.25, 0.3) is 0 Å². The number of rotatable bonds is 9. The van der Waals surface area contributed by atoms with Crippen LogP contribution in [0.2, 0.25) is 0 Å². The average molecular weight is 489 g/mol. The summed E-state index contributed by atoms with van der Waals surface area (Å²) >= 11 is 0. The molecule has 3 rings (SSSR count). The van der Waals surface area contributed by atoms with Crippen LogP contribution in [-0.4, -0.2) is 60.9 Å². The maximum Gasteiger partial charge on any atom is 0.328 e. The van der Waals surface area contributed by atoms with Gasteiger partial charge in [-0.2, -0.15) is 4.31 Å². The minimum Gasteiger partial charge on any atom is -0.480 e. The summed E-state index contributed by atoms with van der Waals surface area (Å²) in [4.78, 5) is 36.6. The van der Waals surface area contributed by atoms with E-state index >= 15 is 0 Å². The fourth-order valence-corrected chi connectivity index (χ4v) is 5.30. The number of amides is 3. The number of carboxylic acids is 1. The lowest BCUT2D eigenvalue weighted by atomic mass is 10.2. The minimum atomic E-state index is -3.92. The van der Waals surface area contributed by atoms with Gasteiger partial charge >= 0.3 is 12.0 Å². The van der Waals surface area contributed by atoms with E-state index in [1.807, 2.05) is 37.3 Å². The molecular weight excluding hydrogens is 460 g/mol. The van der Waals surface area contributed by atoms with Crippen LogP contribution in [0.1, 0.15) is 24.0 Å².